The summed E-state index contributed by atoms with van der Waals surface area (Å²) in [5, 5.41) is 8.81. The van der Waals surface area contributed by atoms with Crippen LogP contribution in [0.1, 0.15) is 28.4 Å². The molecule has 1 rings (SSSR count). The van der Waals surface area contributed by atoms with E-state index in [9.17, 15) is 4.79 Å². The van der Waals surface area contributed by atoms with Crippen molar-refractivity contribution in [3.05, 3.63) is 33.3 Å². The van der Waals surface area contributed by atoms with Crippen LogP contribution in [0.4, 0.5) is 0 Å². The lowest BCUT2D eigenvalue weighted by atomic mass is 10.0. The van der Waals surface area contributed by atoms with E-state index in [1.54, 1.807) is 6.07 Å². The summed E-state index contributed by atoms with van der Waals surface area (Å²) in [6, 6.07) is 5.30. The first-order valence-corrected chi connectivity index (χ1v) is 5.24. The first-order chi connectivity index (χ1) is 7.13. The third-order valence-electron chi connectivity index (χ3n) is 2.06. The molecule has 0 aliphatic carbocycles. The smallest absolute Gasteiger partial charge is 0.339 e. The lowest BCUT2D eigenvalue weighted by molar-refractivity contribution is 0.0599. The number of nitriles is 1. The number of hydrogen-bond acceptors (Lipinski definition) is 3. The second kappa shape index (κ2) is 4.94. The van der Waals surface area contributed by atoms with Gasteiger partial charge in [-0.3, -0.25) is 0 Å². The quantitative estimate of drug-likeness (QED) is 0.775. The number of halogens is 1. The van der Waals surface area contributed by atoms with Crippen molar-refractivity contribution in [1.82, 2.24) is 0 Å². The van der Waals surface area contributed by atoms with Crippen molar-refractivity contribution < 1.29 is 9.53 Å². The number of rotatable bonds is 2. The highest BCUT2D eigenvalue weighted by Gasteiger charge is 2.14. The molecule has 0 aliphatic rings. The predicted molar refractivity (Wildman–Crippen MR) is 59.6 cm³/mol. The average molecular weight is 268 g/mol. The van der Waals surface area contributed by atoms with Crippen LogP contribution >= 0.6 is 15.9 Å². The Morgan fingerprint density at radius 1 is 1.60 bits per heavy atom. The number of carbonyl (C=O) groups is 1. The van der Waals surface area contributed by atoms with E-state index in [4.69, 9.17) is 5.26 Å². The minimum absolute atomic E-state index is 0.397. The number of hydrogen-bond donors (Lipinski definition) is 0. The monoisotopic (exact) mass is 267 g/mol. The molecular formula is C11H10BrNO2. The van der Waals surface area contributed by atoms with Gasteiger partial charge in [0, 0.05) is 4.47 Å². The summed E-state index contributed by atoms with van der Waals surface area (Å²) in [5.74, 6) is -0.436. The molecule has 0 aliphatic heterocycles. The third-order valence-corrected chi connectivity index (χ3v) is 3.00. The molecule has 0 radical (unpaired) electrons. The van der Waals surface area contributed by atoms with Crippen LogP contribution in [0.3, 0.4) is 0 Å². The first-order valence-electron chi connectivity index (χ1n) is 4.44. The summed E-state index contributed by atoms with van der Waals surface area (Å²) in [6.45, 7) is 1.96. The molecule has 0 fully saturated rings. The van der Waals surface area contributed by atoms with Crippen LogP contribution in [0, 0.1) is 11.3 Å². The van der Waals surface area contributed by atoms with Crippen molar-refractivity contribution in [2.45, 2.75) is 13.3 Å². The van der Waals surface area contributed by atoms with Gasteiger partial charge in [0.1, 0.15) is 0 Å². The van der Waals surface area contributed by atoms with Crippen molar-refractivity contribution in [3.8, 4) is 6.07 Å². The Morgan fingerprint density at radius 2 is 2.27 bits per heavy atom. The van der Waals surface area contributed by atoms with Gasteiger partial charge in [-0.25, -0.2) is 4.79 Å². The van der Waals surface area contributed by atoms with E-state index >= 15 is 0 Å². The summed E-state index contributed by atoms with van der Waals surface area (Å²) >= 11 is 3.34. The molecule has 0 atom stereocenters. The molecule has 15 heavy (non-hydrogen) atoms. The predicted octanol–water partition coefficient (Wildman–Crippen LogP) is 2.67. The molecule has 0 amide bonds. The molecule has 1 aromatic carbocycles. The van der Waals surface area contributed by atoms with Crippen LogP contribution in [0.15, 0.2) is 16.6 Å². The fraction of sp³-hybridized carbons (Fsp3) is 0.273. The van der Waals surface area contributed by atoms with E-state index in [-0.39, 0.29) is 0 Å². The molecule has 78 valence electrons. The summed E-state index contributed by atoms with van der Waals surface area (Å²) in [6.07, 6.45) is 0.750. The standard InChI is InChI=1S/C11H10BrNO2/c1-3-8-4-7(6-13)5-9(10(8)12)11(14)15-2/h4-5H,3H2,1-2H3. The fourth-order valence-corrected chi connectivity index (χ4v) is 1.94. The summed E-state index contributed by atoms with van der Waals surface area (Å²) < 4.78 is 5.34. The summed E-state index contributed by atoms with van der Waals surface area (Å²) in [4.78, 5) is 11.4. The van der Waals surface area contributed by atoms with E-state index in [1.807, 2.05) is 13.0 Å². The minimum atomic E-state index is -0.436. The van der Waals surface area contributed by atoms with Gasteiger partial charge in [0.15, 0.2) is 0 Å². The molecule has 0 aromatic heterocycles. The van der Waals surface area contributed by atoms with Crippen molar-refractivity contribution in [3.63, 3.8) is 0 Å². The maximum absolute atomic E-state index is 11.4. The number of nitrogens with zero attached hydrogens (tertiary/aromatic N) is 1. The zero-order valence-electron chi connectivity index (χ0n) is 8.50. The van der Waals surface area contributed by atoms with Crippen LogP contribution in [0.5, 0.6) is 0 Å². The highest BCUT2D eigenvalue weighted by Crippen LogP contribution is 2.25. The molecule has 3 nitrogen and oxygen atoms in total. The molecule has 0 heterocycles. The van der Waals surface area contributed by atoms with Crippen molar-refractivity contribution >= 4 is 21.9 Å². The van der Waals surface area contributed by atoms with Gasteiger partial charge >= 0.3 is 5.97 Å². The van der Waals surface area contributed by atoms with Gasteiger partial charge in [-0.2, -0.15) is 5.26 Å². The molecule has 0 bridgehead atoms. The number of ether oxygens (including phenoxy) is 1. The van der Waals surface area contributed by atoms with Crippen LogP contribution in [-0.2, 0) is 11.2 Å². The van der Waals surface area contributed by atoms with Gasteiger partial charge < -0.3 is 4.74 Å². The molecule has 0 saturated carbocycles. The largest absolute Gasteiger partial charge is 0.465 e. The normalized spacial score (nSPS) is 9.47. The lowest BCUT2D eigenvalue weighted by Crippen LogP contribution is -2.04. The Kier molecular flexibility index (Phi) is 3.87. The second-order valence-corrected chi connectivity index (χ2v) is 3.75. The maximum Gasteiger partial charge on any atom is 0.339 e. The van der Waals surface area contributed by atoms with E-state index in [0.717, 1.165) is 12.0 Å². The van der Waals surface area contributed by atoms with Crippen molar-refractivity contribution in [2.75, 3.05) is 7.11 Å². The van der Waals surface area contributed by atoms with Gasteiger partial charge in [0.05, 0.1) is 24.3 Å². The number of carbonyl (C=O) groups excluding carboxylic acids is 1. The van der Waals surface area contributed by atoms with Crippen molar-refractivity contribution in [1.29, 1.82) is 5.26 Å². The number of aryl methyl sites for hydroxylation is 1. The van der Waals surface area contributed by atoms with Crippen molar-refractivity contribution in [2.24, 2.45) is 0 Å². The molecule has 0 N–H and O–H groups in total. The maximum atomic E-state index is 11.4. The number of esters is 1. The fourth-order valence-electron chi connectivity index (χ4n) is 1.26. The van der Waals surface area contributed by atoms with E-state index in [0.29, 0.717) is 15.6 Å². The van der Waals surface area contributed by atoms with E-state index in [1.165, 1.54) is 13.2 Å². The second-order valence-electron chi connectivity index (χ2n) is 2.95. The van der Waals surface area contributed by atoms with Crippen LogP contribution in [-0.4, -0.2) is 13.1 Å². The highest BCUT2D eigenvalue weighted by atomic mass is 79.9. The minimum Gasteiger partial charge on any atom is -0.465 e. The first kappa shape index (κ1) is 11.7. The molecule has 0 unspecified atom stereocenters. The third kappa shape index (κ3) is 2.37. The van der Waals surface area contributed by atoms with Crippen LogP contribution < -0.4 is 0 Å². The van der Waals surface area contributed by atoms with E-state index < -0.39 is 5.97 Å². The zero-order chi connectivity index (χ0) is 11.4. The zero-order valence-corrected chi connectivity index (χ0v) is 10.1. The number of methoxy groups -OCH3 is 1. The summed E-state index contributed by atoms with van der Waals surface area (Å²) in [5.41, 5.74) is 1.79. The number of benzene rings is 1. The molecule has 0 spiro atoms. The Hall–Kier alpha value is -1.34. The molecule has 0 saturated heterocycles. The SMILES string of the molecule is CCc1cc(C#N)cc(C(=O)OC)c1Br. The van der Waals surface area contributed by atoms with Gasteiger partial charge in [0.2, 0.25) is 0 Å². The van der Waals surface area contributed by atoms with Crippen LogP contribution in [0.25, 0.3) is 0 Å². The Morgan fingerprint density at radius 3 is 2.73 bits per heavy atom. The Labute approximate surface area is 96.8 Å². The topological polar surface area (TPSA) is 50.1 Å². The van der Waals surface area contributed by atoms with Crippen LogP contribution in [0.2, 0.25) is 0 Å². The van der Waals surface area contributed by atoms with Gasteiger partial charge in [0.25, 0.3) is 0 Å². The average Bonchev–Trinajstić information content (AvgIpc) is 2.28. The highest BCUT2D eigenvalue weighted by molar-refractivity contribution is 9.10. The molecule has 4 heteroatoms. The molecular weight excluding hydrogens is 258 g/mol. The Balaban J connectivity index is 3.38. The lowest BCUT2D eigenvalue weighted by Gasteiger charge is -2.07. The van der Waals surface area contributed by atoms with E-state index in [2.05, 4.69) is 20.7 Å². The Bertz CT molecular complexity index is 435. The summed E-state index contributed by atoms with van der Waals surface area (Å²) in [7, 11) is 1.32. The van der Waals surface area contributed by atoms with Gasteiger partial charge in [-0.15, -0.1) is 0 Å². The van der Waals surface area contributed by atoms with Gasteiger partial charge in [-0.1, -0.05) is 6.92 Å². The molecule has 1 aromatic rings. The van der Waals surface area contributed by atoms with Gasteiger partial charge in [-0.05, 0) is 40.0 Å².